The highest BCUT2D eigenvalue weighted by Crippen LogP contribution is 2.28. The largest absolute Gasteiger partial charge is 0.355 e. The van der Waals surface area contributed by atoms with Gasteiger partial charge in [0.15, 0.2) is 0 Å². The molecular formula is C8H16N2O. The molecule has 0 spiro atoms. The van der Waals surface area contributed by atoms with Crippen LogP contribution in [0.15, 0.2) is 0 Å². The Morgan fingerprint density at radius 2 is 2.27 bits per heavy atom. The van der Waals surface area contributed by atoms with Crippen LogP contribution in [0, 0.1) is 5.92 Å². The normalized spacial score (nSPS) is 28.2. The van der Waals surface area contributed by atoms with Crippen LogP contribution in [0.3, 0.4) is 0 Å². The van der Waals surface area contributed by atoms with Crippen molar-refractivity contribution in [1.82, 2.24) is 10.6 Å². The molecule has 2 atom stereocenters. The van der Waals surface area contributed by atoms with E-state index in [1.54, 1.807) is 0 Å². The van der Waals surface area contributed by atoms with Gasteiger partial charge in [-0.3, -0.25) is 4.79 Å². The van der Waals surface area contributed by atoms with Gasteiger partial charge in [-0.05, 0) is 19.3 Å². The SMILES string of the molecule is CCNC(=O)CNC1CC1C. The molecule has 0 aromatic rings. The first-order valence-electron chi connectivity index (χ1n) is 4.24. The van der Waals surface area contributed by atoms with Crippen LogP contribution in [-0.2, 0) is 4.79 Å². The van der Waals surface area contributed by atoms with Gasteiger partial charge in [-0.1, -0.05) is 6.92 Å². The second-order valence-corrected chi connectivity index (χ2v) is 3.15. The van der Waals surface area contributed by atoms with Gasteiger partial charge in [-0.2, -0.15) is 0 Å². The molecule has 11 heavy (non-hydrogen) atoms. The minimum absolute atomic E-state index is 0.103. The van der Waals surface area contributed by atoms with Crippen LogP contribution in [0.4, 0.5) is 0 Å². The van der Waals surface area contributed by atoms with Crippen molar-refractivity contribution in [3.05, 3.63) is 0 Å². The molecule has 0 aromatic heterocycles. The topological polar surface area (TPSA) is 41.1 Å². The van der Waals surface area contributed by atoms with Gasteiger partial charge in [-0.15, -0.1) is 0 Å². The van der Waals surface area contributed by atoms with Crippen molar-refractivity contribution >= 4 is 5.91 Å². The summed E-state index contributed by atoms with van der Waals surface area (Å²) in [7, 11) is 0. The molecule has 3 nitrogen and oxygen atoms in total. The quantitative estimate of drug-likeness (QED) is 0.607. The molecule has 1 fully saturated rings. The van der Waals surface area contributed by atoms with Crippen molar-refractivity contribution in [2.75, 3.05) is 13.1 Å². The molecule has 0 radical (unpaired) electrons. The lowest BCUT2D eigenvalue weighted by molar-refractivity contribution is -0.120. The molecule has 0 bridgehead atoms. The first kappa shape index (κ1) is 8.53. The van der Waals surface area contributed by atoms with Gasteiger partial charge < -0.3 is 10.6 Å². The fourth-order valence-corrected chi connectivity index (χ4v) is 1.09. The second kappa shape index (κ2) is 3.72. The molecule has 1 rings (SSSR count). The van der Waals surface area contributed by atoms with E-state index in [0.29, 0.717) is 12.6 Å². The van der Waals surface area contributed by atoms with E-state index in [-0.39, 0.29) is 5.91 Å². The van der Waals surface area contributed by atoms with E-state index in [0.717, 1.165) is 12.5 Å². The third-order valence-electron chi connectivity index (χ3n) is 2.01. The number of hydrogen-bond donors (Lipinski definition) is 2. The maximum atomic E-state index is 10.9. The fraction of sp³-hybridized carbons (Fsp3) is 0.875. The summed E-state index contributed by atoms with van der Waals surface area (Å²) < 4.78 is 0. The molecule has 3 heteroatoms. The molecule has 0 aliphatic heterocycles. The molecule has 0 aromatic carbocycles. The van der Waals surface area contributed by atoms with Crippen LogP contribution in [0.2, 0.25) is 0 Å². The summed E-state index contributed by atoms with van der Waals surface area (Å²) in [4.78, 5) is 10.9. The molecule has 1 aliphatic carbocycles. The molecule has 2 N–H and O–H groups in total. The summed E-state index contributed by atoms with van der Waals surface area (Å²) in [6.07, 6.45) is 1.22. The van der Waals surface area contributed by atoms with Crippen molar-refractivity contribution in [1.29, 1.82) is 0 Å². The Labute approximate surface area is 67.5 Å². The standard InChI is InChI=1S/C8H16N2O/c1-3-9-8(11)5-10-7-4-6(7)2/h6-7,10H,3-5H2,1-2H3,(H,9,11). The summed E-state index contributed by atoms with van der Waals surface area (Å²) in [6.45, 7) is 5.32. The zero-order valence-corrected chi connectivity index (χ0v) is 7.18. The van der Waals surface area contributed by atoms with Crippen LogP contribution in [-0.4, -0.2) is 25.0 Å². The van der Waals surface area contributed by atoms with Crippen molar-refractivity contribution in [2.45, 2.75) is 26.3 Å². The van der Waals surface area contributed by atoms with Gasteiger partial charge in [-0.25, -0.2) is 0 Å². The Bertz CT molecular complexity index is 147. The highest BCUT2D eigenvalue weighted by molar-refractivity contribution is 5.77. The third-order valence-corrected chi connectivity index (χ3v) is 2.01. The number of carbonyl (C=O) groups is 1. The van der Waals surface area contributed by atoms with E-state index in [9.17, 15) is 4.79 Å². The summed E-state index contributed by atoms with van der Waals surface area (Å²) in [5, 5.41) is 5.92. The lowest BCUT2D eigenvalue weighted by atomic mass is 10.4. The van der Waals surface area contributed by atoms with E-state index in [1.807, 2.05) is 6.92 Å². The highest BCUT2D eigenvalue weighted by Gasteiger charge is 2.31. The number of amides is 1. The molecule has 0 saturated heterocycles. The van der Waals surface area contributed by atoms with Gasteiger partial charge in [0.05, 0.1) is 6.54 Å². The predicted molar refractivity (Wildman–Crippen MR) is 44.3 cm³/mol. The Balaban J connectivity index is 1.98. The summed E-state index contributed by atoms with van der Waals surface area (Å²) in [5.41, 5.74) is 0. The Morgan fingerprint density at radius 1 is 1.64 bits per heavy atom. The number of rotatable bonds is 4. The highest BCUT2D eigenvalue weighted by atomic mass is 16.1. The lowest BCUT2D eigenvalue weighted by Gasteiger charge is -2.02. The molecule has 1 saturated carbocycles. The summed E-state index contributed by atoms with van der Waals surface area (Å²) >= 11 is 0. The van der Waals surface area contributed by atoms with Gasteiger partial charge in [0.2, 0.25) is 5.91 Å². The van der Waals surface area contributed by atoms with E-state index in [2.05, 4.69) is 17.6 Å². The van der Waals surface area contributed by atoms with Gasteiger partial charge in [0, 0.05) is 12.6 Å². The Morgan fingerprint density at radius 3 is 2.73 bits per heavy atom. The third kappa shape index (κ3) is 2.89. The number of nitrogens with one attached hydrogen (secondary N) is 2. The van der Waals surface area contributed by atoms with E-state index >= 15 is 0 Å². The molecule has 0 heterocycles. The van der Waals surface area contributed by atoms with Crippen LogP contribution < -0.4 is 10.6 Å². The van der Waals surface area contributed by atoms with Gasteiger partial charge in [0.25, 0.3) is 0 Å². The van der Waals surface area contributed by atoms with E-state index in [1.165, 1.54) is 6.42 Å². The van der Waals surface area contributed by atoms with Crippen LogP contribution >= 0.6 is 0 Å². The fourth-order valence-electron chi connectivity index (χ4n) is 1.09. The van der Waals surface area contributed by atoms with E-state index in [4.69, 9.17) is 0 Å². The maximum absolute atomic E-state index is 10.9. The summed E-state index contributed by atoms with van der Waals surface area (Å²) in [5.74, 6) is 0.871. The molecule has 2 unspecified atom stereocenters. The average molecular weight is 156 g/mol. The van der Waals surface area contributed by atoms with Crippen LogP contribution in [0.1, 0.15) is 20.3 Å². The number of likely N-dealkylation sites (N-methyl/N-ethyl adjacent to an activating group) is 1. The Hall–Kier alpha value is -0.570. The van der Waals surface area contributed by atoms with Gasteiger partial charge in [0.1, 0.15) is 0 Å². The smallest absolute Gasteiger partial charge is 0.233 e. The van der Waals surface area contributed by atoms with Crippen molar-refractivity contribution in [2.24, 2.45) is 5.92 Å². The second-order valence-electron chi connectivity index (χ2n) is 3.15. The zero-order chi connectivity index (χ0) is 8.27. The maximum Gasteiger partial charge on any atom is 0.233 e. The monoisotopic (exact) mass is 156 g/mol. The Kier molecular flexibility index (Phi) is 2.88. The van der Waals surface area contributed by atoms with Crippen molar-refractivity contribution < 1.29 is 4.79 Å². The zero-order valence-electron chi connectivity index (χ0n) is 7.18. The number of hydrogen-bond acceptors (Lipinski definition) is 2. The first-order chi connectivity index (χ1) is 5.24. The first-order valence-corrected chi connectivity index (χ1v) is 4.24. The average Bonchev–Trinajstić information content (AvgIpc) is 2.63. The molecule has 1 amide bonds. The van der Waals surface area contributed by atoms with Gasteiger partial charge >= 0.3 is 0 Å². The number of carbonyl (C=O) groups excluding carboxylic acids is 1. The van der Waals surface area contributed by atoms with Crippen LogP contribution in [0.5, 0.6) is 0 Å². The van der Waals surface area contributed by atoms with Crippen molar-refractivity contribution in [3.63, 3.8) is 0 Å². The minimum atomic E-state index is 0.103. The van der Waals surface area contributed by atoms with Crippen LogP contribution in [0.25, 0.3) is 0 Å². The summed E-state index contributed by atoms with van der Waals surface area (Å²) in [6, 6.07) is 0.595. The van der Waals surface area contributed by atoms with E-state index < -0.39 is 0 Å². The molecular weight excluding hydrogens is 140 g/mol. The minimum Gasteiger partial charge on any atom is -0.355 e. The molecule has 1 aliphatic rings. The predicted octanol–water partition coefficient (Wildman–Crippen LogP) is 0.120. The van der Waals surface area contributed by atoms with Crippen molar-refractivity contribution in [3.8, 4) is 0 Å². The molecule has 64 valence electrons. The lowest BCUT2D eigenvalue weighted by Crippen LogP contribution is -2.34.